The predicted octanol–water partition coefficient (Wildman–Crippen LogP) is 5.95. The SMILES string of the molecule is O=C(O)CC1CCc2c(Cc3cccnc3Sc3ccc(F)cc3)c3ccccc3n2C1. The fourth-order valence-corrected chi connectivity index (χ4v) is 5.56. The van der Waals surface area contributed by atoms with Crippen molar-refractivity contribution in [3.05, 3.63) is 89.5 Å². The molecule has 0 amide bonds. The van der Waals surface area contributed by atoms with E-state index in [-0.39, 0.29) is 18.2 Å². The maximum atomic E-state index is 13.3. The van der Waals surface area contributed by atoms with Gasteiger partial charge in [-0.2, -0.15) is 0 Å². The van der Waals surface area contributed by atoms with E-state index >= 15 is 0 Å². The van der Waals surface area contributed by atoms with E-state index in [0.29, 0.717) is 0 Å². The lowest BCUT2D eigenvalue weighted by Gasteiger charge is -2.25. The van der Waals surface area contributed by atoms with Crippen LogP contribution in [0.5, 0.6) is 0 Å². The number of carbonyl (C=O) groups is 1. The molecule has 2 aromatic carbocycles. The minimum absolute atomic E-state index is 0.159. The van der Waals surface area contributed by atoms with Crippen molar-refractivity contribution in [1.82, 2.24) is 9.55 Å². The van der Waals surface area contributed by atoms with Crippen molar-refractivity contribution < 1.29 is 14.3 Å². The van der Waals surface area contributed by atoms with Crippen LogP contribution in [0.15, 0.2) is 76.8 Å². The van der Waals surface area contributed by atoms with E-state index in [9.17, 15) is 14.3 Å². The number of pyridine rings is 1. The van der Waals surface area contributed by atoms with Gasteiger partial charge in [-0.05, 0) is 66.3 Å². The molecule has 4 nitrogen and oxygen atoms in total. The minimum Gasteiger partial charge on any atom is -0.481 e. The molecule has 3 heterocycles. The molecule has 0 spiro atoms. The van der Waals surface area contributed by atoms with Crippen molar-refractivity contribution in [2.75, 3.05) is 0 Å². The summed E-state index contributed by atoms with van der Waals surface area (Å²) in [5.74, 6) is -0.816. The van der Waals surface area contributed by atoms with Crippen LogP contribution in [0.25, 0.3) is 10.9 Å². The fraction of sp³-hybridized carbons (Fsp3) is 0.231. The second-order valence-electron chi connectivity index (χ2n) is 8.26. The van der Waals surface area contributed by atoms with Crippen molar-refractivity contribution in [3.8, 4) is 0 Å². The Hall–Kier alpha value is -3.12. The fourth-order valence-electron chi connectivity index (χ4n) is 4.68. The lowest BCUT2D eigenvalue weighted by molar-refractivity contribution is -0.138. The van der Waals surface area contributed by atoms with Gasteiger partial charge in [-0.1, -0.05) is 36.0 Å². The lowest BCUT2D eigenvalue weighted by Crippen LogP contribution is -2.22. The third kappa shape index (κ3) is 4.15. The number of para-hydroxylation sites is 1. The summed E-state index contributed by atoms with van der Waals surface area (Å²) in [5, 5.41) is 11.4. The maximum Gasteiger partial charge on any atom is 0.303 e. The predicted molar refractivity (Wildman–Crippen MR) is 124 cm³/mol. The van der Waals surface area contributed by atoms with Crippen LogP contribution in [0.4, 0.5) is 4.39 Å². The number of halogens is 1. The summed E-state index contributed by atoms with van der Waals surface area (Å²) in [6.45, 7) is 0.742. The van der Waals surface area contributed by atoms with Crippen molar-refractivity contribution >= 4 is 28.6 Å². The molecule has 162 valence electrons. The zero-order valence-electron chi connectivity index (χ0n) is 17.5. The third-order valence-electron chi connectivity index (χ3n) is 6.13. The molecule has 0 saturated heterocycles. The van der Waals surface area contributed by atoms with E-state index < -0.39 is 5.97 Å². The quantitative estimate of drug-likeness (QED) is 0.397. The highest BCUT2D eigenvalue weighted by molar-refractivity contribution is 7.99. The van der Waals surface area contributed by atoms with Gasteiger partial charge in [0, 0.05) is 47.1 Å². The molecule has 6 heteroatoms. The molecule has 0 bridgehead atoms. The molecular formula is C26H23FN2O2S. The van der Waals surface area contributed by atoms with Gasteiger partial charge in [-0.15, -0.1) is 0 Å². The van der Waals surface area contributed by atoms with Gasteiger partial charge in [0.25, 0.3) is 0 Å². The Kier molecular flexibility index (Phi) is 5.70. The van der Waals surface area contributed by atoms with Gasteiger partial charge in [-0.3, -0.25) is 4.79 Å². The molecule has 1 unspecified atom stereocenters. The number of aromatic nitrogens is 2. The number of rotatable bonds is 6. The highest BCUT2D eigenvalue weighted by Crippen LogP contribution is 2.37. The number of carboxylic acids is 1. The molecule has 0 saturated carbocycles. The number of aliphatic carboxylic acids is 1. The first-order valence-electron chi connectivity index (χ1n) is 10.8. The number of carboxylic acid groups (broad SMARTS) is 1. The summed E-state index contributed by atoms with van der Waals surface area (Å²) in [6.07, 6.45) is 4.52. The highest BCUT2D eigenvalue weighted by atomic mass is 32.2. The number of benzene rings is 2. The Morgan fingerprint density at radius 3 is 2.75 bits per heavy atom. The number of hydrogen-bond donors (Lipinski definition) is 1. The first-order chi connectivity index (χ1) is 15.6. The monoisotopic (exact) mass is 446 g/mol. The van der Waals surface area contributed by atoms with Crippen LogP contribution in [0.2, 0.25) is 0 Å². The molecule has 5 rings (SSSR count). The number of nitrogens with zero attached hydrogens (tertiary/aromatic N) is 2. The summed E-state index contributed by atoms with van der Waals surface area (Å²) in [5.41, 5.74) is 4.90. The Morgan fingerprint density at radius 2 is 1.94 bits per heavy atom. The van der Waals surface area contributed by atoms with E-state index in [2.05, 4.69) is 33.8 Å². The van der Waals surface area contributed by atoms with Crippen LogP contribution in [-0.4, -0.2) is 20.6 Å². The van der Waals surface area contributed by atoms with Crippen molar-refractivity contribution in [2.24, 2.45) is 5.92 Å². The van der Waals surface area contributed by atoms with Gasteiger partial charge in [0.1, 0.15) is 10.8 Å². The Morgan fingerprint density at radius 1 is 1.12 bits per heavy atom. The van der Waals surface area contributed by atoms with Gasteiger partial charge in [0.15, 0.2) is 0 Å². The molecule has 1 aliphatic heterocycles. The molecule has 32 heavy (non-hydrogen) atoms. The Bertz CT molecular complexity index is 1280. The van der Waals surface area contributed by atoms with Gasteiger partial charge >= 0.3 is 5.97 Å². The van der Waals surface area contributed by atoms with Gasteiger partial charge in [0.05, 0.1) is 0 Å². The van der Waals surface area contributed by atoms with E-state index in [1.165, 1.54) is 34.3 Å². The van der Waals surface area contributed by atoms with Crippen molar-refractivity contribution in [1.29, 1.82) is 0 Å². The molecule has 0 aliphatic carbocycles. The molecule has 0 fully saturated rings. The average molecular weight is 447 g/mol. The van der Waals surface area contributed by atoms with E-state index in [0.717, 1.165) is 41.3 Å². The van der Waals surface area contributed by atoms with Crippen molar-refractivity contribution in [3.63, 3.8) is 0 Å². The second kappa shape index (κ2) is 8.79. The molecule has 1 aliphatic rings. The largest absolute Gasteiger partial charge is 0.481 e. The first-order valence-corrected chi connectivity index (χ1v) is 11.6. The first kappa shape index (κ1) is 20.8. The standard InChI is InChI=1S/C26H23FN2O2S/c27-19-8-10-20(11-9-19)32-26-18(4-3-13-28-26)15-22-21-5-1-2-6-23(21)29-16-17(14-25(30)31)7-12-24(22)29/h1-6,8-11,13,17H,7,12,14-16H2,(H,30,31). The molecule has 0 radical (unpaired) electrons. The van der Waals surface area contributed by atoms with Crippen LogP contribution in [0.3, 0.4) is 0 Å². The number of hydrogen-bond acceptors (Lipinski definition) is 3. The summed E-state index contributed by atoms with van der Waals surface area (Å²) >= 11 is 1.54. The molecule has 1 N–H and O–H groups in total. The van der Waals surface area contributed by atoms with E-state index in [1.54, 1.807) is 30.1 Å². The third-order valence-corrected chi connectivity index (χ3v) is 7.20. The van der Waals surface area contributed by atoms with Gasteiger partial charge < -0.3 is 9.67 Å². The summed E-state index contributed by atoms with van der Waals surface area (Å²) < 4.78 is 15.6. The van der Waals surface area contributed by atoms with Crippen LogP contribution in [0.1, 0.15) is 29.7 Å². The summed E-state index contributed by atoms with van der Waals surface area (Å²) in [6, 6.07) is 18.9. The number of fused-ring (bicyclic) bond motifs is 3. The average Bonchev–Trinajstić information content (AvgIpc) is 3.09. The minimum atomic E-state index is -0.729. The molecule has 1 atom stereocenters. The van der Waals surface area contributed by atoms with Crippen LogP contribution in [-0.2, 0) is 24.2 Å². The van der Waals surface area contributed by atoms with Crippen molar-refractivity contribution in [2.45, 2.75) is 42.1 Å². The normalized spacial score (nSPS) is 15.6. The zero-order chi connectivity index (χ0) is 22.1. The lowest BCUT2D eigenvalue weighted by atomic mass is 9.92. The second-order valence-corrected chi connectivity index (χ2v) is 9.32. The maximum absolute atomic E-state index is 13.3. The van der Waals surface area contributed by atoms with Crippen LogP contribution in [0, 0.1) is 11.7 Å². The summed E-state index contributed by atoms with van der Waals surface area (Å²) in [7, 11) is 0. The van der Waals surface area contributed by atoms with E-state index in [1.807, 2.05) is 12.1 Å². The zero-order valence-corrected chi connectivity index (χ0v) is 18.3. The van der Waals surface area contributed by atoms with Gasteiger partial charge in [0.2, 0.25) is 0 Å². The smallest absolute Gasteiger partial charge is 0.303 e. The molecule has 4 aromatic rings. The topological polar surface area (TPSA) is 55.1 Å². The summed E-state index contributed by atoms with van der Waals surface area (Å²) in [4.78, 5) is 16.8. The van der Waals surface area contributed by atoms with E-state index in [4.69, 9.17) is 0 Å². The molecule has 2 aromatic heterocycles. The van der Waals surface area contributed by atoms with Crippen LogP contribution < -0.4 is 0 Å². The molecular weight excluding hydrogens is 423 g/mol. The Labute approximate surface area is 190 Å². The Balaban J connectivity index is 1.51. The van der Waals surface area contributed by atoms with Gasteiger partial charge in [-0.25, -0.2) is 9.37 Å². The van der Waals surface area contributed by atoms with Crippen LogP contribution >= 0.6 is 11.8 Å². The highest BCUT2D eigenvalue weighted by Gasteiger charge is 2.26.